The quantitative estimate of drug-likeness (QED) is 0.663. The van der Waals surface area contributed by atoms with Crippen molar-refractivity contribution in [2.75, 3.05) is 19.1 Å². The van der Waals surface area contributed by atoms with E-state index in [4.69, 9.17) is 21.4 Å². The Kier molecular flexibility index (Phi) is 4.92. The fourth-order valence-corrected chi connectivity index (χ4v) is 3.71. The van der Waals surface area contributed by atoms with Gasteiger partial charge in [-0.05, 0) is 17.7 Å². The number of anilines is 1. The molecule has 1 unspecified atom stereocenters. The largest absolute Gasteiger partial charge is 0.444 e. The third kappa shape index (κ3) is 3.59. The van der Waals surface area contributed by atoms with Gasteiger partial charge < -0.3 is 19.0 Å². The monoisotopic (exact) mass is 379 g/mol. The van der Waals surface area contributed by atoms with E-state index in [1.54, 1.807) is 13.3 Å². The smallest absolute Gasteiger partial charge is 0.181 e. The number of nitrogens with zero attached hydrogens (tertiary/aromatic N) is 2. The van der Waals surface area contributed by atoms with Crippen molar-refractivity contribution in [1.82, 2.24) is 9.97 Å². The molecule has 0 bridgehead atoms. The van der Waals surface area contributed by atoms with Crippen LogP contribution in [0, 0.1) is 4.51 Å². The zero-order valence-electron chi connectivity index (χ0n) is 15.3. The van der Waals surface area contributed by atoms with Crippen LogP contribution in [0.25, 0.3) is 11.6 Å². The van der Waals surface area contributed by atoms with Gasteiger partial charge in [-0.15, -0.1) is 0 Å². The summed E-state index contributed by atoms with van der Waals surface area (Å²) in [6.45, 7) is 0.803. The van der Waals surface area contributed by atoms with Crippen LogP contribution in [-0.2, 0) is 17.7 Å². The van der Waals surface area contributed by atoms with Crippen molar-refractivity contribution >= 4 is 29.7 Å². The van der Waals surface area contributed by atoms with Crippen molar-refractivity contribution in [1.29, 1.82) is 0 Å². The molecule has 0 saturated heterocycles. The summed E-state index contributed by atoms with van der Waals surface area (Å²) in [5.74, 6) is 1.71. The van der Waals surface area contributed by atoms with Crippen LogP contribution in [0.2, 0.25) is 0 Å². The molecule has 138 valence electrons. The normalized spacial score (nSPS) is 15.9. The molecule has 1 aliphatic carbocycles. The molecule has 1 N–H and O–H groups in total. The Morgan fingerprint density at radius 2 is 2.15 bits per heavy atom. The SMILES string of the molecule is COC1Cc2[nH]c(N(C)Cc3ccccc3)cc(=S)c2C=C1c1cnco1. The van der Waals surface area contributed by atoms with E-state index in [-0.39, 0.29) is 6.10 Å². The number of rotatable bonds is 5. The minimum absolute atomic E-state index is 0.106. The van der Waals surface area contributed by atoms with Crippen LogP contribution >= 0.6 is 12.2 Å². The van der Waals surface area contributed by atoms with Crippen molar-refractivity contribution in [3.63, 3.8) is 0 Å². The number of nitrogens with one attached hydrogen (secondary N) is 1. The third-order valence-corrected chi connectivity index (χ3v) is 5.19. The summed E-state index contributed by atoms with van der Waals surface area (Å²) in [6, 6.07) is 12.4. The number of ether oxygens (including phenoxy) is 1. The van der Waals surface area contributed by atoms with Gasteiger partial charge in [0.05, 0.1) is 16.8 Å². The maximum Gasteiger partial charge on any atom is 0.181 e. The number of aromatic nitrogens is 2. The molecule has 1 atom stereocenters. The minimum atomic E-state index is -0.106. The predicted molar refractivity (Wildman–Crippen MR) is 109 cm³/mol. The maximum atomic E-state index is 5.70. The van der Waals surface area contributed by atoms with Crippen LogP contribution in [0.3, 0.4) is 0 Å². The predicted octanol–water partition coefficient (Wildman–Crippen LogP) is 4.48. The number of H-pyrrole nitrogens is 1. The van der Waals surface area contributed by atoms with Gasteiger partial charge in [0.1, 0.15) is 5.82 Å². The molecule has 0 amide bonds. The topological polar surface area (TPSA) is 54.3 Å². The number of aromatic amines is 1. The average molecular weight is 379 g/mol. The molecule has 6 heteroatoms. The second kappa shape index (κ2) is 7.50. The van der Waals surface area contributed by atoms with E-state index in [2.05, 4.69) is 46.2 Å². The van der Waals surface area contributed by atoms with Gasteiger partial charge in [-0.3, -0.25) is 0 Å². The summed E-state index contributed by atoms with van der Waals surface area (Å²) in [6.07, 6.45) is 5.78. The molecule has 0 saturated carbocycles. The second-order valence-electron chi connectivity index (χ2n) is 6.65. The first kappa shape index (κ1) is 17.7. The lowest BCUT2D eigenvalue weighted by Gasteiger charge is -2.26. The lowest BCUT2D eigenvalue weighted by Crippen LogP contribution is -2.23. The van der Waals surface area contributed by atoms with Crippen LogP contribution in [0.1, 0.15) is 22.6 Å². The highest BCUT2D eigenvalue weighted by atomic mass is 32.1. The van der Waals surface area contributed by atoms with Gasteiger partial charge in [0.2, 0.25) is 0 Å². The van der Waals surface area contributed by atoms with Gasteiger partial charge in [-0.25, -0.2) is 4.98 Å². The Morgan fingerprint density at radius 3 is 2.85 bits per heavy atom. The highest BCUT2D eigenvalue weighted by Crippen LogP contribution is 2.33. The number of fused-ring (bicyclic) bond motifs is 1. The number of oxazole rings is 1. The van der Waals surface area contributed by atoms with E-state index in [9.17, 15) is 0 Å². The van der Waals surface area contributed by atoms with E-state index >= 15 is 0 Å². The summed E-state index contributed by atoms with van der Waals surface area (Å²) in [5.41, 5.74) is 4.31. The third-order valence-electron chi connectivity index (χ3n) is 4.85. The van der Waals surface area contributed by atoms with Crippen LogP contribution < -0.4 is 4.90 Å². The van der Waals surface area contributed by atoms with Crippen LogP contribution in [0.4, 0.5) is 5.82 Å². The Hall–Kier alpha value is -2.70. The molecule has 5 nitrogen and oxygen atoms in total. The molecular weight excluding hydrogens is 358 g/mol. The van der Waals surface area contributed by atoms with Gasteiger partial charge in [0.15, 0.2) is 12.2 Å². The van der Waals surface area contributed by atoms with E-state index in [0.717, 1.165) is 33.7 Å². The van der Waals surface area contributed by atoms with Crippen LogP contribution in [-0.4, -0.2) is 30.2 Å². The first-order valence-corrected chi connectivity index (χ1v) is 9.21. The molecule has 1 aliphatic rings. The van der Waals surface area contributed by atoms with E-state index in [1.165, 1.54) is 12.0 Å². The molecule has 2 heterocycles. The fraction of sp³-hybridized carbons (Fsp3) is 0.238. The molecule has 0 spiro atoms. The number of pyridine rings is 1. The Morgan fingerprint density at radius 1 is 1.33 bits per heavy atom. The van der Waals surface area contributed by atoms with E-state index in [0.29, 0.717) is 12.2 Å². The number of methoxy groups -OCH3 is 1. The number of benzene rings is 1. The van der Waals surface area contributed by atoms with Crippen molar-refractivity contribution in [2.24, 2.45) is 0 Å². The summed E-state index contributed by atoms with van der Waals surface area (Å²) in [4.78, 5) is 9.73. The average Bonchev–Trinajstić information content (AvgIpc) is 3.22. The molecular formula is C21H21N3O2S. The maximum absolute atomic E-state index is 5.70. The van der Waals surface area contributed by atoms with Crippen molar-refractivity contribution in [3.05, 3.63) is 76.1 Å². The number of hydrogen-bond donors (Lipinski definition) is 1. The van der Waals surface area contributed by atoms with Crippen molar-refractivity contribution in [3.8, 4) is 0 Å². The van der Waals surface area contributed by atoms with Gasteiger partial charge in [0.25, 0.3) is 0 Å². The highest BCUT2D eigenvalue weighted by Gasteiger charge is 2.26. The Bertz CT molecular complexity index is 1010. The molecule has 4 rings (SSSR count). The summed E-state index contributed by atoms with van der Waals surface area (Å²) >= 11 is 5.69. The molecule has 27 heavy (non-hydrogen) atoms. The van der Waals surface area contributed by atoms with Gasteiger partial charge in [0, 0.05) is 44.0 Å². The summed E-state index contributed by atoms with van der Waals surface area (Å²) < 4.78 is 12.0. The van der Waals surface area contributed by atoms with E-state index < -0.39 is 0 Å². The van der Waals surface area contributed by atoms with Gasteiger partial charge in [-0.2, -0.15) is 0 Å². The second-order valence-corrected chi connectivity index (χ2v) is 7.09. The molecule has 3 aromatic rings. The molecule has 0 radical (unpaired) electrons. The van der Waals surface area contributed by atoms with Crippen LogP contribution in [0.15, 0.2) is 53.4 Å². The van der Waals surface area contributed by atoms with Gasteiger partial charge in [-0.1, -0.05) is 42.5 Å². The van der Waals surface area contributed by atoms with Crippen molar-refractivity contribution < 1.29 is 9.15 Å². The zero-order chi connectivity index (χ0) is 18.8. The minimum Gasteiger partial charge on any atom is -0.444 e. The highest BCUT2D eigenvalue weighted by molar-refractivity contribution is 7.71. The zero-order valence-corrected chi connectivity index (χ0v) is 16.1. The summed E-state index contributed by atoms with van der Waals surface area (Å²) in [7, 11) is 3.77. The van der Waals surface area contributed by atoms with E-state index in [1.807, 2.05) is 18.2 Å². The lowest BCUT2D eigenvalue weighted by atomic mass is 9.92. The molecule has 1 aromatic carbocycles. The Labute approximate surface area is 163 Å². The molecule has 2 aromatic heterocycles. The lowest BCUT2D eigenvalue weighted by molar-refractivity contribution is 0.146. The summed E-state index contributed by atoms with van der Waals surface area (Å²) in [5, 5.41) is 0. The number of hydrogen-bond acceptors (Lipinski definition) is 5. The van der Waals surface area contributed by atoms with Gasteiger partial charge >= 0.3 is 0 Å². The molecule has 0 fully saturated rings. The van der Waals surface area contributed by atoms with Crippen LogP contribution in [0.5, 0.6) is 0 Å². The standard InChI is InChI=1S/C21H21N3O2S/c1-24(12-14-6-4-3-5-7-14)21-10-20(27)15-8-16(19-11-22-13-26-19)18(25-2)9-17(15)23-21/h3-8,10-11,13,18H,9,12H2,1-2H3,(H,23,27). The molecule has 0 aliphatic heterocycles. The fourth-order valence-electron chi connectivity index (χ4n) is 3.42. The first-order chi connectivity index (χ1) is 13.2. The Balaban J connectivity index is 1.69. The first-order valence-electron chi connectivity index (χ1n) is 8.80. The van der Waals surface area contributed by atoms with Crippen molar-refractivity contribution in [2.45, 2.75) is 19.1 Å².